The van der Waals surface area contributed by atoms with Crippen molar-refractivity contribution in [3.63, 3.8) is 0 Å². The molecule has 9 nitrogen and oxygen atoms in total. The number of nitrogens with one attached hydrogen (secondary N) is 1. The van der Waals surface area contributed by atoms with Gasteiger partial charge in [0.15, 0.2) is 0 Å². The van der Waals surface area contributed by atoms with Gasteiger partial charge in [-0.1, -0.05) is 67.9 Å². The van der Waals surface area contributed by atoms with Crippen molar-refractivity contribution in [2.45, 2.75) is 45.8 Å². The van der Waals surface area contributed by atoms with Gasteiger partial charge in [0.25, 0.3) is 5.69 Å². The maximum absolute atomic E-state index is 11.5. The fourth-order valence-electron chi connectivity index (χ4n) is 2.60. The average molecular weight is 471 g/mol. The zero-order chi connectivity index (χ0) is 21.0. The maximum atomic E-state index is 11.5. The molecule has 0 unspecified atom stereocenters. The van der Waals surface area contributed by atoms with E-state index in [9.17, 15) is 23.3 Å². The third-order valence-electron chi connectivity index (χ3n) is 3.05. The number of nitrogens with zero attached hydrogens (tertiary/aromatic N) is 3. The summed E-state index contributed by atoms with van der Waals surface area (Å²) < 4.78 is 30.5. The van der Waals surface area contributed by atoms with Gasteiger partial charge in [0.2, 0.25) is 5.91 Å². The summed E-state index contributed by atoms with van der Waals surface area (Å²) in [5, 5.41) is 10.6. The predicted octanol–water partition coefficient (Wildman–Crippen LogP) is -0.195. The van der Waals surface area contributed by atoms with Crippen LogP contribution in [-0.2, 0) is 21.5 Å². The minimum atomic E-state index is -3.80. The van der Waals surface area contributed by atoms with Crippen LogP contribution in [0.5, 0.6) is 0 Å². The van der Waals surface area contributed by atoms with E-state index in [0.717, 1.165) is 4.31 Å². The van der Waals surface area contributed by atoms with Gasteiger partial charge in [0, 0.05) is 18.7 Å². The minimum absolute atomic E-state index is 0. The summed E-state index contributed by atoms with van der Waals surface area (Å²) >= 11 is 0. The van der Waals surface area contributed by atoms with Gasteiger partial charge in [-0.05, 0) is 5.56 Å². The number of carbonyl (C=O) groups excluding carboxylic acids is 1. The third kappa shape index (κ3) is 10.7. The van der Waals surface area contributed by atoms with Gasteiger partial charge in [-0.25, -0.2) is 4.72 Å². The summed E-state index contributed by atoms with van der Waals surface area (Å²) in [4.78, 5) is 21.0. The van der Waals surface area contributed by atoms with Crippen LogP contribution in [0.25, 0.3) is 4.65 Å². The van der Waals surface area contributed by atoms with Crippen LogP contribution < -0.4 is 56.1 Å². The topological polar surface area (TPSA) is 124 Å². The molecule has 0 aliphatic carbocycles. The van der Waals surface area contributed by atoms with Crippen LogP contribution in [0.2, 0.25) is 39.3 Å². The first-order valence-electron chi connectivity index (χ1n) is 8.37. The first kappa shape index (κ1) is 28.0. The van der Waals surface area contributed by atoms with E-state index >= 15 is 0 Å². The molecule has 1 saturated heterocycles. The second kappa shape index (κ2) is 10.9. The van der Waals surface area contributed by atoms with Gasteiger partial charge < -0.3 is 4.65 Å². The molecule has 0 atom stereocenters. The van der Waals surface area contributed by atoms with Crippen molar-refractivity contribution in [3.8, 4) is 0 Å². The maximum Gasteiger partial charge on any atom is 1.00 e. The summed E-state index contributed by atoms with van der Waals surface area (Å²) in [6.07, 6.45) is 0. The van der Waals surface area contributed by atoms with E-state index in [-0.39, 0.29) is 70.2 Å². The molecule has 1 aliphatic rings. The molecule has 1 aliphatic heterocycles. The van der Waals surface area contributed by atoms with Crippen molar-refractivity contribution in [3.05, 3.63) is 44.6 Å². The average Bonchev–Trinajstić information content (AvgIpc) is 2.68. The second-order valence-corrected chi connectivity index (χ2v) is 19.4. The van der Waals surface area contributed by atoms with Gasteiger partial charge in [-0.15, -0.1) is 0 Å². The van der Waals surface area contributed by atoms with Crippen molar-refractivity contribution in [2.75, 3.05) is 6.54 Å². The Labute approximate surface area is 211 Å². The number of hydrogen-bond acceptors (Lipinski definition) is 5. The Morgan fingerprint density at radius 2 is 1.71 bits per heavy atom. The molecule has 1 fully saturated rings. The number of rotatable bonds is 5. The number of nitro groups is 1. The van der Waals surface area contributed by atoms with Crippen molar-refractivity contribution >= 4 is 38.3 Å². The van der Waals surface area contributed by atoms with Crippen LogP contribution in [0.3, 0.4) is 0 Å². The van der Waals surface area contributed by atoms with Crippen LogP contribution in [0.1, 0.15) is 5.56 Å². The smallest absolute Gasteiger partial charge is 0.668 e. The Kier molecular flexibility index (Phi) is 10.9. The molecule has 0 aromatic heterocycles. The van der Waals surface area contributed by atoms with Gasteiger partial charge in [-0.3, -0.25) is 14.9 Å². The molecule has 2 rings (SSSR count). The van der Waals surface area contributed by atoms with Crippen LogP contribution in [0.4, 0.5) is 5.69 Å². The standard InChI is InChI=1S/C9H9N3O5S.C6H18NSi2.K/c13-9-6-11(18(16,17)10-9)5-7-2-1-3-8(4-7)12(14)15;1-8(2,3)7-9(4,5)6;/h1-4H,5-6H2,(H,10,13);1-6H3;/q;-1;+1. The Bertz CT molecular complexity index is 797. The van der Waals surface area contributed by atoms with Crippen LogP contribution in [-0.4, -0.2) is 46.6 Å². The van der Waals surface area contributed by atoms with Crippen molar-refractivity contribution < 1.29 is 69.5 Å². The molecule has 13 heteroatoms. The molecule has 1 amide bonds. The molecule has 1 heterocycles. The largest absolute Gasteiger partial charge is 1.00 e. The Morgan fingerprint density at radius 3 is 2.07 bits per heavy atom. The van der Waals surface area contributed by atoms with E-state index in [1.54, 1.807) is 6.07 Å². The van der Waals surface area contributed by atoms with Crippen molar-refractivity contribution in [2.24, 2.45) is 0 Å². The molecular formula is C15H27KN4O5SSi2. The fraction of sp³-hybridized carbons (Fsp3) is 0.533. The van der Waals surface area contributed by atoms with E-state index in [4.69, 9.17) is 4.65 Å². The Balaban J connectivity index is 0.000000627. The summed E-state index contributed by atoms with van der Waals surface area (Å²) in [6.45, 7) is 13.4. The molecule has 152 valence electrons. The first-order valence-corrected chi connectivity index (χ1v) is 16.7. The number of nitro benzene ring substituents is 1. The number of carbonyl (C=O) groups is 1. The monoisotopic (exact) mass is 470 g/mol. The summed E-state index contributed by atoms with van der Waals surface area (Å²) in [6, 6.07) is 5.61. The molecule has 1 aromatic rings. The van der Waals surface area contributed by atoms with Crippen LogP contribution in [0.15, 0.2) is 24.3 Å². The molecule has 0 radical (unpaired) electrons. The van der Waals surface area contributed by atoms with E-state index in [0.29, 0.717) is 5.56 Å². The van der Waals surface area contributed by atoms with Crippen molar-refractivity contribution in [1.82, 2.24) is 9.03 Å². The zero-order valence-electron chi connectivity index (χ0n) is 17.5. The van der Waals surface area contributed by atoms with Gasteiger partial charge in [0.05, 0.1) is 11.5 Å². The first-order chi connectivity index (χ1) is 12.1. The molecule has 1 N–H and O–H groups in total. The Hall–Kier alpha value is 0.0301. The molecular weight excluding hydrogens is 444 g/mol. The number of non-ortho nitro benzene ring substituents is 1. The van der Waals surface area contributed by atoms with Crippen LogP contribution >= 0.6 is 0 Å². The van der Waals surface area contributed by atoms with E-state index in [1.165, 1.54) is 18.2 Å². The van der Waals surface area contributed by atoms with Crippen LogP contribution in [0, 0.1) is 10.1 Å². The third-order valence-corrected chi connectivity index (χ3v) is 9.84. The predicted molar refractivity (Wildman–Crippen MR) is 111 cm³/mol. The zero-order valence-corrected chi connectivity index (χ0v) is 23.5. The van der Waals surface area contributed by atoms with Gasteiger partial charge >= 0.3 is 61.6 Å². The second-order valence-electron chi connectivity index (χ2n) is 8.18. The van der Waals surface area contributed by atoms with Gasteiger partial charge in [-0.2, -0.15) is 12.7 Å². The summed E-state index contributed by atoms with van der Waals surface area (Å²) in [7, 11) is -6.02. The quantitative estimate of drug-likeness (QED) is 0.363. The van der Waals surface area contributed by atoms with E-state index in [1.807, 2.05) is 4.72 Å². The van der Waals surface area contributed by atoms with Gasteiger partial charge in [0.1, 0.15) is 0 Å². The fourth-order valence-corrected chi connectivity index (χ4v) is 11.7. The summed E-state index contributed by atoms with van der Waals surface area (Å²) in [5.41, 5.74) is 0.327. The molecule has 0 saturated carbocycles. The molecule has 1 aromatic carbocycles. The molecule has 28 heavy (non-hydrogen) atoms. The van der Waals surface area contributed by atoms with Crippen molar-refractivity contribution in [1.29, 1.82) is 0 Å². The number of benzene rings is 1. The van der Waals surface area contributed by atoms with E-state index in [2.05, 4.69) is 39.3 Å². The van der Waals surface area contributed by atoms with E-state index < -0.39 is 37.5 Å². The number of amides is 1. The normalized spacial score (nSPS) is 16.4. The Morgan fingerprint density at radius 1 is 1.18 bits per heavy atom. The number of hydrogen-bond donors (Lipinski definition) is 1. The summed E-state index contributed by atoms with van der Waals surface area (Å²) in [5.74, 6) is -0.611. The minimum Gasteiger partial charge on any atom is -0.668 e. The molecule has 0 spiro atoms. The SMILES string of the molecule is C[Si](C)(C)[N-][Si](C)(C)C.O=C1CN(Cc2cccc([N+](=O)[O-])c2)S(=O)(=O)N1.[K+]. The molecule has 0 bridgehead atoms.